The Hall–Kier alpha value is -2.75. The molecule has 0 spiro atoms. The highest BCUT2D eigenvalue weighted by atomic mass is 16.4. The lowest BCUT2D eigenvalue weighted by Crippen LogP contribution is -2.33. The molecule has 0 aliphatic carbocycles. The summed E-state index contributed by atoms with van der Waals surface area (Å²) in [5.74, 6) is 0.319. The van der Waals surface area contributed by atoms with Crippen molar-refractivity contribution in [1.82, 2.24) is 24.3 Å². The average molecular weight is 498 g/mol. The molecule has 9 nitrogen and oxygen atoms in total. The number of likely N-dealkylation sites (tertiary alicyclic amines) is 1. The van der Waals surface area contributed by atoms with Crippen molar-refractivity contribution in [3.63, 3.8) is 0 Å². The van der Waals surface area contributed by atoms with Gasteiger partial charge in [-0.15, -0.1) is 0 Å². The molecule has 0 amide bonds. The minimum Gasteiger partial charge on any atom is -0.481 e. The number of hydrogen-bond acceptors (Lipinski definition) is 6. The number of piperidine rings is 1. The van der Waals surface area contributed by atoms with Gasteiger partial charge in [0, 0.05) is 39.1 Å². The summed E-state index contributed by atoms with van der Waals surface area (Å²) in [6.45, 7) is 7.50. The summed E-state index contributed by atoms with van der Waals surface area (Å²) >= 11 is 0. The molecule has 36 heavy (non-hydrogen) atoms. The maximum atomic E-state index is 11.2. The van der Waals surface area contributed by atoms with E-state index in [4.69, 9.17) is 11.1 Å². The quantitative estimate of drug-likeness (QED) is 0.186. The van der Waals surface area contributed by atoms with Gasteiger partial charge >= 0.3 is 5.97 Å². The molecule has 0 atom stereocenters. The fourth-order valence-corrected chi connectivity index (χ4v) is 4.80. The molecule has 1 aromatic heterocycles. The van der Waals surface area contributed by atoms with Crippen LogP contribution in [0.4, 0.5) is 0 Å². The number of nitrogens with one attached hydrogen (secondary N) is 1. The highest BCUT2D eigenvalue weighted by Gasteiger charge is 2.13. The van der Waals surface area contributed by atoms with Crippen molar-refractivity contribution in [3.8, 4) is 0 Å². The fraction of sp³-hybridized carbons (Fsp3) is 0.593. The molecule has 2 aromatic rings. The maximum Gasteiger partial charge on any atom is 0.304 e. The van der Waals surface area contributed by atoms with E-state index in [9.17, 15) is 9.90 Å². The Morgan fingerprint density at radius 2 is 1.69 bits per heavy atom. The first-order valence-corrected chi connectivity index (χ1v) is 13.1. The third-order valence-electron chi connectivity index (χ3n) is 6.80. The van der Waals surface area contributed by atoms with Gasteiger partial charge in [-0.1, -0.05) is 30.7 Å². The lowest BCUT2D eigenvalue weighted by Gasteiger charge is -2.27. The van der Waals surface area contributed by atoms with Crippen LogP contribution in [0.1, 0.15) is 55.5 Å². The van der Waals surface area contributed by atoms with E-state index in [0.717, 1.165) is 43.9 Å². The van der Waals surface area contributed by atoms with E-state index in [-0.39, 0.29) is 12.3 Å². The number of aliphatic carboxylic acids is 1. The fourth-order valence-electron chi connectivity index (χ4n) is 4.80. The first-order valence-electron chi connectivity index (χ1n) is 13.1. The van der Waals surface area contributed by atoms with E-state index < -0.39 is 5.97 Å². The summed E-state index contributed by atoms with van der Waals surface area (Å²) in [6, 6.07) is 8.49. The standard InChI is InChI=1S/C27H43N7O2/c1-31-18-12-30-26(31)22-34(21-25(28)29)20-24-9-7-23(8-10-24)19-33(17-11-27(35)36)16-6-5-15-32-13-3-2-4-14-32/h7-10,12,18H,2-6,11,13-17,19-22H2,1H3,(H3,28,29)(H,35,36). The zero-order valence-electron chi connectivity index (χ0n) is 21.7. The Balaban J connectivity index is 1.52. The van der Waals surface area contributed by atoms with Gasteiger partial charge in [-0.25, -0.2) is 4.98 Å². The monoisotopic (exact) mass is 497 g/mol. The molecule has 1 aliphatic heterocycles. The second-order valence-corrected chi connectivity index (χ2v) is 9.97. The number of hydrogen-bond donors (Lipinski definition) is 3. The van der Waals surface area contributed by atoms with Crippen molar-refractivity contribution in [1.29, 1.82) is 5.41 Å². The Bertz CT molecular complexity index is 938. The second-order valence-electron chi connectivity index (χ2n) is 9.97. The lowest BCUT2D eigenvalue weighted by molar-refractivity contribution is -0.137. The van der Waals surface area contributed by atoms with Crippen molar-refractivity contribution in [2.45, 2.75) is 58.2 Å². The van der Waals surface area contributed by atoms with Gasteiger partial charge in [0.25, 0.3) is 0 Å². The number of carboxylic acids is 1. The van der Waals surface area contributed by atoms with Crippen molar-refractivity contribution in [2.75, 3.05) is 39.3 Å². The number of carbonyl (C=O) groups is 1. The average Bonchev–Trinajstić information content (AvgIpc) is 3.25. The van der Waals surface area contributed by atoms with E-state index in [1.54, 1.807) is 6.20 Å². The normalized spacial score (nSPS) is 14.5. The van der Waals surface area contributed by atoms with Gasteiger partial charge in [-0.3, -0.25) is 20.0 Å². The number of rotatable bonds is 16. The molecule has 0 saturated carbocycles. The minimum absolute atomic E-state index is 0.134. The summed E-state index contributed by atoms with van der Waals surface area (Å²) in [5.41, 5.74) is 8.03. The summed E-state index contributed by atoms with van der Waals surface area (Å²) in [4.78, 5) is 22.5. The van der Waals surface area contributed by atoms with Gasteiger partial charge in [0.15, 0.2) is 0 Å². The molecule has 9 heteroatoms. The summed E-state index contributed by atoms with van der Waals surface area (Å²) in [5, 5.41) is 16.9. The van der Waals surface area contributed by atoms with Crippen LogP contribution in [0.2, 0.25) is 0 Å². The molecule has 1 saturated heterocycles. The van der Waals surface area contributed by atoms with Crippen LogP contribution in [0.25, 0.3) is 0 Å². The smallest absolute Gasteiger partial charge is 0.304 e. The molecule has 1 aliphatic rings. The van der Waals surface area contributed by atoms with Crippen molar-refractivity contribution in [2.24, 2.45) is 12.8 Å². The van der Waals surface area contributed by atoms with Crippen LogP contribution < -0.4 is 5.73 Å². The molecule has 2 heterocycles. The number of benzene rings is 1. The molecule has 1 aromatic carbocycles. The Kier molecular flexibility index (Phi) is 11.4. The largest absolute Gasteiger partial charge is 0.481 e. The number of imidazole rings is 1. The van der Waals surface area contributed by atoms with Gasteiger partial charge < -0.3 is 20.3 Å². The Labute approximate surface area is 215 Å². The van der Waals surface area contributed by atoms with Gasteiger partial charge in [0.05, 0.1) is 19.5 Å². The number of unbranched alkanes of at least 4 members (excludes halogenated alkanes) is 1. The van der Waals surface area contributed by atoms with E-state index in [1.165, 1.54) is 37.9 Å². The number of nitrogens with zero attached hydrogens (tertiary/aromatic N) is 5. The molecule has 0 bridgehead atoms. The summed E-state index contributed by atoms with van der Waals surface area (Å²) < 4.78 is 1.98. The highest BCUT2D eigenvalue weighted by Crippen LogP contribution is 2.14. The zero-order valence-corrected chi connectivity index (χ0v) is 21.7. The van der Waals surface area contributed by atoms with E-state index in [0.29, 0.717) is 26.2 Å². The molecule has 1 fully saturated rings. The predicted octanol–water partition coefficient (Wildman–Crippen LogP) is 2.90. The number of aryl methyl sites for hydroxylation is 1. The van der Waals surface area contributed by atoms with Crippen LogP contribution in [0.3, 0.4) is 0 Å². The second kappa shape index (κ2) is 14.7. The maximum absolute atomic E-state index is 11.2. The van der Waals surface area contributed by atoms with Crippen molar-refractivity contribution >= 4 is 11.8 Å². The molecule has 0 unspecified atom stereocenters. The first-order chi connectivity index (χ1) is 17.4. The molecule has 0 radical (unpaired) electrons. The number of amidine groups is 1. The molecular weight excluding hydrogens is 454 g/mol. The summed E-state index contributed by atoms with van der Waals surface area (Å²) in [7, 11) is 1.97. The summed E-state index contributed by atoms with van der Waals surface area (Å²) in [6.07, 6.45) is 10.1. The topological polar surface area (TPSA) is 115 Å². The first kappa shape index (κ1) is 27.8. The lowest BCUT2D eigenvalue weighted by atomic mass is 10.1. The number of carboxylic acid groups (broad SMARTS) is 1. The third kappa shape index (κ3) is 10.1. The minimum atomic E-state index is -0.748. The van der Waals surface area contributed by atoms with Crippen molar-refractivity contribution < 1.29 is 9.90 Å². The van der Waals surface area contributed by atoms with Gasteiger partial charge in [-0.05, 0) is 63.0 Å². The Morgan fingerprint density at radius 3 is 2.28 bits per heavy atom. The van der Waals surface area contributed by atoms with Gasteiger partial charge in [0.1, 0.15) is 11.7 Å². The van der Waals surface area contributed by atoms with Crippen LogP contribution in [0, 0.1) is 5.41 Å². The SMILES string of the molecule is Cn1ccnc1CN(CC(=N)N)Cc1ccc(CN(CCCCN2CCCCC2)CCC(=O)O)cc1. The van der Waals surface area contributed by atoms with Gasteiger partial charge in [-0.2, -0.15) is 0 Å². The van der Waals surface area contributed by atoms with Gasteiger partial charge in [0.2, 0.25) is 0 Å². The predicted molar refractivity (Wildman–Crippen MR) is 143 cm³/mol. The third-order valence-corrected chi connectivity index (χ3v) is 6.80. The highest BCUT2D eigenvalue weighted by molar-refractivity contribution is 5.78. The number of nitrogens with two attached hydrogens (primary N) is 1. The van der Waals surface area contributed by atoms with Crippen LogP contribution in [0.5, 0.6) is 0 Å². The Morgan fingerprint density at radius 1 is 1.03 bits per heavy atom. The van der Waals surface area contributed by atoms with E-state index in [2.05, 4.69) is 43.9 Å². The van der Waals surface area contributed by atoms with E-state index in [1.807, 2.05) is 17.8 Å². The molecule has 3 rings (SSSR count). The zero-order chi connectivity index (χ0) is 25.8. The van der Waals surface area contributed by atoms with E-state index >= 15 is 0 Å². The van der Waals surface area contributed by atoms with Crippen LogP contribution in [-0.4, -0.2) is 80.4 Å². The van der Waals surface area contributed by atoms with Crippen LogP contribution in [-0.2, 0) is 31.5 Å². The number of aromatic nitrogens is 2. The van der Waals surface area contributed by atoms with Crippen LogP contribution in [0.15, 0.2) is 36.7 Å². The van der Waals surface area contributed by atoms with Crippen molar-refractivity contribution in [3.05, 3.63) is 53.6 Å². The molecule has 198 valence electrons. The van der Waals surface area contributed by atoms with Crippen LogP contribution >= 0.6 is 0 Å². The molecule has 4 N–H and O–H groups in total. The molecular formula is C27H43N7O2.